The van der Waals surface area contributed by atoms with Crippen molar-refractivity contribution in [2.45, 2.75) is 0 Å². The van der Waals surface area contributed by atoms with Crippen LogP contribution < -0.4 is 15.0 Å². The summed E-state index contributed by atoms with van der Waals surface area (Å²) in [7, 11) is 1.63. The molecule has 30 heavy (non-hydrogen) atoms. The molecule has 0 bridgehead atoms. The van der Waals surface area contributed by atoms with Crippen LogP contribution in [-0.4, -0.2) is 49.3 Å². The molecular formula is C22H20N4O3S. The van der Waals surface area contributed by atoms with Crippen molar-refractivity contribution in [3.8, 4) is 5.75 Å². The van der Waals surface area contributed by atoms with Gasteiger partial charge in [-0.1, -0.05) is 17.4 Å². The van der Waals surface area contributed by atoms with E-state index in [-0.39, 0.29) is 5.91 Å². The van der Waals surface area contributed by atoms with Crippen LogP contribution >= 0.6 is 11.3 Å². The van der Waals surface area contributed by atoms with Crippen LogP contribution in [0, 0.1) is 0 Å². The zero-order chi connectivity index (χ0) is 20.5. The zero-order valence-corrected chi connectivity index (χ0v) is 17.2. The first-order chi connectivity index (χ1) is 14.7. The number of hydrogen-bond acceptors (Lipinski definition) is 7. The van der Waals surface area contributed by atoms with E-state index in [1.165, 1.54) is 0 Å². The van der Waals surface area contributed by atoms with Crippen molar-refractivity contribution in [1.29, 1.82) is 0 Å². The molecule has 1 aliphatic rings. The van der Waals surface area contributed by atoms with Gasteiger partial charge in [0.1, 0.15) is 11.4 Å². The molecule has 1 aliphatic heterocycles. The number of amides is 1. The number of anilines is 2. The number of nitrogens with one attached hydrogen (secondary N) is 1. The quantitative estimate of drug-likeness (QED) is 0.539. The number of pyridine rings is 1. The van der Waals surface area contributed by atoms with Crippen molar-refractivity contribution < 1.29 is 14.3 Å². The number of fused-ring (bicyclic) bond motifs is 2. The van der Waals surface area contributed by atoms with E-state index < -0.39 is 0 Å². The van der Waals surface area contributed by atoms with Crippen LogP contribution in [0.2, 0.25) is 0 Å². The molecule has 0 aliphatic carbocycles. The number of aromatic nitrogens is 2. The number of hydrogen-bond donors (Lipinski definition) is 1. The summed E-state index contributed by atoms with van der Waals surface area (Å²) in [6, 6.07) is 14.9. The molecule has 1 amide bonds. The molecule has 2 aromatic heterocycles. The van der Waals surface area contributed by atoms with Gasteiger partial charge in [-0.05, 0) is 42.5 Å². The first-order valence-corrected chi connectivity index (χ1v) is 10.5. The minimum atomic E-state index is -0.245. The summed E-state index contributed by atoms with van der Waals surface area (Å²) in [5.41, 5.74) is 2.76. The van der Waals surface area contributed by atoms with Gasteiger partial charge in [-0.3, -0.25) is 4.79 Å². The van der Waals surface area contributed by atoms with Gasteiger partial charge < -0.3 is 19.7 Å². The van der Waals surface area contributed by atoms with Crippen molar-refractivity contribution >= 4 is 49.2 Å². The largest absolute Gasteiger partial charge is 0.497 e. The molecule has 1 fully saturated rings. The predicted molar refractivity (Wildman–Crippen MR) is 119 cm³/mol. The van der Waals surface area contributed by atoms with Gasteiger partial charge in [-0.15, -0.1) is 0 Å². The van der Waals surface area contributed by atoms with E-state index in [1.807, 2.05) is 42.5 Å². The summed E-state index contributed by atoms with van der Waals surface area (Å²) in [6.45, 7) is 3.15. The fourth-order valence-electron chi connectivity index (χ4n) is 3.43. The molecule has 4 aromatic rings. The van der Waals surface area contributed by atoms with Crippen LogP contribution in [0.1, 0.15) is 10.5 Å². The summed E-state index contributed by atoms with van der Waals surface area (Å²) in [5.74, 6) is 0.515. The highest BCUT2D eigenvalue weighted by Crippen LogP contribution is 2.31. The van der Waals surface area contributed by atoms with Gasteiger partial charge in [0.25, 0.3) is 5.91 Å². The van der Waals surface area contributed by atoms with Gasteiger partial charge >= 0.3 is 0 Å². The average Bonchev–Trinajstić information content (AvgIpc) is 3.22. The predicted octanol–water partition coefficient (Wildman–Crippen LogP) is 3.94. The number of methoxy groups -OCH3 is 1. The molecule has 0 radical (unpaired) electrons. The lowest BCUT2D eigenvalue weighted by Crippen LogP contribution is -2.36. The van der Waals surface area contributed by atoms with E-state index in [0.29, 0.717) is 5.69 Å². The minimum Gasteiger partial charge on any atom is -0.497 e. The van der Waals surface area contributed by atoms with Crippen LogP contribution in [0.5, 0.6) is 5.75 Å². The molecule has 0 unspecified atom stereocenters. The van der Waals surface area contributed by atoms with E-state index in [4.69, 9.17) is 14.5 Å². The molecule has 8 heteroatoms. The van der Waals surface area contributed by atoms with E-state index in [0.717, 1.165) is 64.0 Å². The van der Waals surface area contributed by atoms with Gasteiger partial charge in [0.05, 0.1) is 36.1 Å². The number of benzene rings is 2. The Labute approximate surface area is 177 Å². The number of rotatable bonds is 4. The van der Waals surface area contributed by atoms with Crippen LogP contribution in [0.15, 0.2) is 48.5 Å². The number of thiazole rings is 1. The fraction of sp³-hybridized carbons (Fsp3) is 0.227. The number of nitrogens with zero attached hydrogens (tertiary/aromatic N) is 3. The van der Waals surface area contributed by atoms with Crippen LogP contribution in [0.3, 0.4) is 0 Å². The van der Waals surface area contributed by atoms with E-state index in [1.54, 1.807) is 24.5 Å². The highest BCUT2D eigenvalue weighted by Gasteiger charge is 2.16. The Hall–Kier alpha value is -3.23. The van der Waals surface area contributed by atoms with Gasteiger partial charge in [-0.2, -0.15) is 0 Å². The van der Waals surface area contributed by atoms with Crippen molar-refractivity contribution in [2.24, 2.45) is 0 Å². The molecular weight excluding hydrogens is 400 g/mol. The highest BCUT2D eigenvalue weighted by atomic mass is 32.1. The lowest BCUT2D eigenvalue weighted by molar-refractivity contribution is 0.102. The lowest BCUT2D eigenvalue weighted by atomic mass is 10.2. The second kappa shape index (κ2) is 7.89. The van der Waals surface area contributed by atoms with Gasteiger partial charge in [0.2, 0.25) is 0 Å². The molecule has 1 saturated heterocycles. The molecule has 0 atom stereocenters. The molecule has 7 nitrogen and oxygen atoms in total. The maximum Gasteiger partial charge on any atom is 0.274 e. The SMILES string of the molecule is COc1ccc2nc(C(=O)Nc3ccc4nc(N5CCOCC5)sc4c3)ccc2c1. The number of carbonyl (C=O) groups excluding carboxylic acids is 1. The lowest BCUT2D eigenvalue weighted by Gasteiger charge is -2.25. The summed E-state index contributed by atoms with van der Waals surface area (Å²) in [4.78, 5) is 24.2. The summed E-state index contributed by atoms with van der Waals surface area (Å²) in [6.07, 6.45) is 0. The maximum absolute atomic E-state index is 12.7. The summed E-state index contributed by atoms with van der Waals surface area (Å²) >= 11 is 1.63. The molecule has 0 spiro atoms. The third-order valence-corrected chi connectivity index (χ3v) is 6.12. The molecule has 3 heterocycles. The Morgan fingerprint density at radius 1 is 1.07 bits per heavy atom. The topological polar surface area (TPSA) is 76.6 Å². The third-order valence-electron chi connectivity index (χ3n) is 5.05. The number of morpholine rings is 1. The Morgan fingerprint density at radius 2 is 1.90 bits per heavy atom. The Morgan fingerprint density at radius 3 is 2.73 bits per heavy atom. The van der Waals surface area contributed by atoms with Crippen molar-refractivity contribution in [1.82, 2.24) is 9.97 Å². The van der Waals surface area contributed by atoms with Crippen molar-refractivity contribution in [3.63, 3.8) is 0 Å². The monoisotopic (exact) mass is 420 g/mol. The Bertz CT molecular complexity index is 1230. The molecule has 0 saturated carbocycles. The summed E-state index contributed by atoms with van der Waals surface area (Å²) in [5, 5.41) is 4.86. The minimum absolute atomic E-state index is 0.245. The van der Waals surface area contributed by atoms with Gasteiger partial charge in [-0.25, -0.2) is 9.97 Å². The maximum atomic E-state index is 12.7. The van der Waals surface area contributed by atoms with Gasteiger partial charge in [0.15, 0.2) is 5.13 Å². The average molecular weight is 420 g/mol. The molecule has 152 valence electrons. The van der Waals surface area contributed by atoms with E-state index in [9.17, 15) is 4.79 Å². The smallest absolute Gasteiger partial charge is 0.274 e. The van der Waals surface area contributed by atoms with E-state index in [2.05, 4.69) is 15.2 Å². The van der Waals surface area contributed by atoms with Crippen molar-refractivity contribution in [2.75, 3.05) is 43.6 Å². The summed E-state index contributed by atoms with van der Waals surface area (Å²) < 4.78 is 11.7. The number of carbonyl (C=O) groups is 1. The van der Waals surface area contributed by atoms with Gasteiger partial charge in [0, 0.05) is 24.2 Å². The Balaban J connectivity index is 1.36. The first-order valence-electron chi connectivity index (χ1n) is 9.69. The van der Waals surface area contributed by atoms with Crippen molar-refractivity contribution in [3.05, 3.63) is 54.2 Å². The normalized spacial score (nSPS) is 14.2. The van der Waals surface area contributed by atoms with Crippen LogP contribution in [0.25, 0.3) is 21.1 Å². The fourth-order valence-corrected chi connectivity index (χ4v) is 4.49. The molecule has 5 rings (SSSR count). The second-order valence-electron chi connectivity index (χ2n) is 6.99. The standard InChI is InChI=1S/C22H20N4O3S/c1-28-16-4-7-17-14(12-16)2-5-19(24-17)21(27)23-15-3-6-18-20(13-15)30-22(25-18)26-8-10-29-11-9-26/h2-7,12-13H,8-11H2,1H3,(H,23,27). The number of ether oxygens (including phenoxy) is 2. The zero-order valence-electron chi connectivity index (χ0n) is 16.4. The van der Waals surface area contributed by atoms with Crippen LogP contribution in [-0.2, 0) is 4.74 Å². The molecule has 1 N–H and O–H groups in total. The second-order valence-corrected chi connectivity index (χ2v) is 8.00. The molecule has 2 aromatic carbocycles. The van der Waals surface area contributed by atoms with E-state index >= 15 is 0 Å². The first kappa shape index (κ1) is 18.8. The Kier molecular flexibility index (Phi) is 4.94. The highest BCUT2D eigenvalue weighted by molar-refractivity contribution is 7.22. The van der Waals surface area contributed by atoms with Crippen LogP contribution in [0.4, 0.5) is 10.8 Å². The third kappa shape index (κ3) is 3.67.